The molecule has 0 spiro atoms. The van der Waals surface area contributed by atoms with E-state index in [9.17, 15) is 4.79 Å². The maximum atomic E-state index is 11.6. The molecule has 0 saturated carbocycles. The molecule has 0 N–H and O–H groups in total. The van der Waals surface area contributed by atoms with Crippen LogP contribution in [-0.4, -0.2) is 33.8 Å². The molecule has 0 fully saturated rings. The van der Waals surface area contributed by atoms with E-state index in [0.717, 1.165) is 17.8 Å². The summed E-state index contributed by atoms with van der Waals surface area (Å²) in [6, 6.07) is 6.16. The van der Waals surface area contributed by atoms with Crippen molar-refractivity contribution in [2.45, 2.75) is 12.8 Å². The van der Waals surface area contributed by atoms with Crippen LogP contribution in [-0.2, 0) is 16.0 Å². The number of nitrogens with zero attached hydrogens (tertiary/aromatic N) is 2. The molecule has 1 amide bonds. The quantitative estimate of drug-likeness (QED) is 0.745. The summed E-state index contributed by atoms with van der Waals surface area (Å²) in [5, 5.41) is 0. The van der Waals surface area contributed by atoms with E-state index in [4.69, 9.17) is 4.74 Å². The van der Waals surface area contributed by atoms with Gasteiger partial charge in [0.1, 0.15) is 6.73 Å². The zero-order valence-corrected chi connectivity index (χ0v) is 10.6. The average molecular weight is 234 g/mol. The van der Waals surface area contributed by atoms with Crippen LogP contribution in [0.15, 0.2) is 18.2 Å². The minimum atomic E-state index is 0.190. The van der Waals surface area contributed by atoms with E-state index in [1.54, 1.807) is 12.0 Å². The van der Waals surface area contributed by atoms with Crippen LogP contribution in [0.4, 0.5) is 11.4 Å². The summed E-state index contributed by atoms with van der Waals surface area (Å²) in [5.41, 5.74) is 3.37. The highest BCUT2D eigenvalue weighted by Crippen LogP contribution is 2.30. The molecule has 0 atom stereocenters. The molecule has 0 saturated heterocycles. The first kappa shape index (κ1) is 11.9. The Kier molecular flexibility index (Phi) is 3.33. The molecule has 0 aromatic heterocycles. The molecule has 4 heteroatoms. The van der Waals surface area contributed by atoms with Crippen LogP contribution in [0.2, 0.25) is 0 Å². The number of carbonyl (C=O) groups is 1. The molecular weight excluding hydrogens is 216 g/mol. The number of aryl methyl sites for hydroxylation is 1. The van der Waals surface area contributed by atoms with Crippen molar-refractivity contribution in [3.05, 3.63) is 23.8 Å². The van der Waals surface area contributed by atoms with Crippen molar-refractivity contribution in [2.75, 3.05) is 37.7 Å². The summed E-state index contributed by atoms with van der Waals surface area (Å²) >= 11 is 0. The average Bonchev–Trinajstić information content (AvgIpc) is 2.34. The molecule has 1 heterocycles. The fraction of sp³-hybridized carbons (Fsp3) is 0.462. The molecule has 1 aromatic carbocycles. The summed E-state index contributed by atoms with van der Waals surface area (Å²) in [6.07, 6.45) is 1.42. The highest BCUT2D eigenvalue weighted by atomic mass is 16.5. The highest BCUT2D eigenvalue weighted by molar-refractivity contribution is 5.96. The van der Waals surface area contributed by atoms with Crippen LogP contribution < -0.4 is 9.80 Å². The first-order valence-corrected chi connectivity index (χ1v) is 5.73. The van der Waals surface area contributed by atoms with E-state index < -0.39 is 0 Å². The largest absolute Gasteiger partial charge is 0.364 e. The normalized spacial score (nSPS) is 14.8. The molecule has 0 radical (unpaired) electrons. The van der Waals surface area contributed by atoms with Crippen molar-refractivity contribution in [3.63, 3.8) is 0 Å². The van der Waals surface area contributed by atoms with Crippen molar-refractivity contribution in [1.29, 1.82) is 0 Å². The van der Waals surface area contributed by atoms with Crippen molar-refractivity contribution < 1.29 is 9.53 Å². The third-order valence-electron chi connectivity index (χ3n) is 3.17. The molecule has 0 bridgehead atoms. The van der Waals surface area contributed by atoms with Crippen molar-refractivity contribution in [2.24, 2.45) is 0 Å². The summed E-state index contributed by atoms with van der Waals surface area (Å²) in [4.78, 5) is 15.3. The Bertz CT molecular complexity index is 431. The predicted octanol–water partition coefficient (Wildman–Crippen LogP) is 1.64. The lowest BCUT2D eigenvalue weighted by Gasteiger charge is -2.27. The second-order valence-electron chi connectivity index (χ2n) is 4.38. The SMILES string of the molecule is COCN(C)c1ccc2c(c1)CCC(=O)N2C. The molecule has 92 valence electrons. The Morgan fingerprint density at radius 2 is 2.18 bits per heavy atom. The van der Waals surface area contributed by atoms with Crippen LogP contribution in [0.1, 0.15) is 12.0 Å². The Morgan fingerprint density at radius 3 is 2.88 bits per heavy atom. The minimum absolute atomic E-state index is 0.190. The molecule has 0 aliphatic carbocycles. The van der Waals surface area contributed by atoms with E-state index in [-0.39, 0.29) is 5.91 Å². The molecule has 1 aliphatic rings. The minimum Gasteiger partial charge on any atom is -0.364 e. The monoisotopic (exact) mass is 234 g/mol. The second kappa shape index (κ2) is 4.75. The van der Waals surface area contributed by atoms with Gasteiger partial charge in [0.25, 0.3) is 0 Å². The number of ether oxygens (including phenoxy) is 1. The number of anilines is 2. The smallest absolute Gasteiger partial charge is 0.227 e. The molecule has 17 heavy (non-hydrogen) atoms. The molecule has 2 rings (SSSR count). The maximum absolute atomic E-state index is 11.6. The van der Waals surface area contributed by atoms with Crippen LogP contribution in [0.5, 0.6) is 0 Å². The zero-order valence-electron chi connectivity index (χ0n) is 10.6. The van der Waals surface area contributed by atoms with E-state index in [0.29, 0.717) is 13.2 Å². The lowest BCUT2D eigenvalue weighted by molar-refractivity contribution is -0.118. The summed E-state index contributed by atoms with van der Waals surface area (Å²) in [7, 11) is 5.50. The summed E-state index contributed by atoms with van der Waals surface area (Å²) < 4.78 is 5.10. The fourth-order valence-corrected chi connectivity index (χ4v) is 2.15. The van der Waals surface area contributed by atoms with Gasteiger partial charge in [0, 0.05) is 39.0 Å². The second-order valence-corrected chi connectivity index (χ2v) is 4.38. The van der Waals surface area contributed by atoms with E-state index in [2.05, 4.69) is 6.07 Å². The summed E-state index contributed by atoms with van der Waals surface area (Å²) in [6.45, 7) is 0.563. The number of methoxy groups -OCH3 is 1. The maximum Gasteiger partial charge on any atom is 0.227 e. The molecule has 1 aromatic rings. The number of amides is 1. The molecule has 0 unspecified atom stereocenters. The first-order valence-electron chi connectivity index (χ1n) is 5.73. The Labute approximate surface area is 102 Å². The van der Waals surface area contributed by atoms with Gasteiger partial charge in [0.2, 0.25) is 5.91 Å². The zero-order chi connectivity index (χ0) is 12.4. The van der Waals surface area contributed by atoms with Crippen LogP contribution >= 0.6 is 0 Å². The van der Waals surface area contributed by atoms with Crippen LogP contribution in [0.25, 0.3) is 0 Å². The number of benzene rings is 1. The Hall–Kier alpha value is -1.55. The highest BCUT2D eigenvalue weighted by Gasteiger charge is 2.21. The van der Waals surface area contributed by atoms with Crippen molar-refractivity contribution in [3.8, 4) is 0 Å². The van der Waals surface area contributed by atoms with Gasteiger partial charge in [0.05, 0.1) is 0 Å². The van der Waals surface area contributed by atoms with E-state index >= 15 is 0 Å². The number of carbonyl (C=O) groups excluding carboxylic acids is 1. The Morgan fingerprint density at radius 1 is 1.41 bits per heavy atom. The van der Waals surface area contributed by atoms with Gasteiger partial charge < -0.3 is 14.5 Å². The number of hydrogen-bond acceptors (Lipinski definition) is 3. The molecule has 1 aliphatic heterocycles. The van der Waals surface area contributed by atoms with Gasteiger partial charge in [-0.25, -0.2) is 0 Å². The third kappa shape index (κ3) is 2.26. The van der Waals surface area contributed by atoms with E-state index in [1.807, 2.05) is 31.1 Å². The van der Waals surface area contributed by atoms with Gasteiger partial charge in [0.15, 0.2) is 0 Å². The topological polar surface area (TPSA) is 32.8 Å². The van der Waals surface area contributed by atoms with Crippen LogP contribution in [0.3, 0.4) is 0 Å². The van der Waals surface area contributed by atoms with Gasteiger partial charge in [-0.05, 0) is 30.2 Å². The van der Waals surface area contributed by atoms with Gasteiger partial charge in [-0.2, -0.15) is 0 Å². The summed E-state index contributed by atoms with van der Waals surface area (Å²) in [5.74, 6) is 0.190. The lowest BCUT2D eigenvalue weighted by Crippen LogP contribution is -2.31. The van der Waals surface area contributed by atoms with Gasteiger partial charge in [-0.3, -0.25) is 4.79 Å². The van der Waals surface area contributed by atoms with Crippen molar-refractivity contribution in [1.82, 2.24) is 0 Å². The first-order chi connectivity index (χ1) is 8.13. The lowest BCUT2D eigenvalue weighted by atomic mass is 10.0. The molecular formula is C13H18N2O2. The van der Waals surface area contributed by atoms with E-state index in [1.165, 1.54) is 5.56 Å². The number of rotatable bonds is 3. The molecule has 4 nitrogen and oxygen atoms in total. The Balaban J connectivity index is 2.29. The third-order valence-corrected chi connectivity index (χ3v) is 3.17. The number of hydrogen-bond donors (Lipinski definition) is 0. The van der Waals surface area contributed by atoms with Crippen molar-refractivity contribution >= 4 is 17.3 Å². The van der Waals surface area contributed by atoms with Crippen LogP contribution in [0, 0.1) is 0 Å². The van der Waals surface area contributed by atoms with Gasteiger partial charge in [-0.15, -0.1) is 0 Å². The predicted molar refractivity (Wildman–Crippen MR) is 68.5 cm³/mol. The fourth-order valence-electron chi connectivity index (χ4n) is 2.15. The van der Waals surface area contributed by atoms with Gasteiger partial charge in [-0.1, -0.05) is 0 Å². The standard InChI is InChI=1S/C13H18N2O2/c1-14(9-17-3)11-5-6-12-10(8-11)4-7-13(16)15(12)2/h5-6,8H,4,7,9H2,1-3H3. The number of fused-ring (bicyclic) bond motifs is 1. The van der Waals surface area contributed by atoms with Gasteiger partial charge >= 0.3 is 0 Å².